The first-order valence-electron chi connectivity index (χ1n) is 5.79. The van der Waals surface area contributed by atoms with Crippen LogP contribution in [0.1, 0.15) is 27.4 Å². The lowest BCUT2D eigenvalue weighted by Crippen LogP contribution is -2.22. The lowest BCUT2D eigenvalue weighted by atomic mass is 10.1. The molecule has 0 aliphatic carbocycles. The molecule has 0 atom stereocenters. The van der Waals surface area contributed by atoms with Gasteiger partial charge in [-0.1, -0.05) is 12.1 Å². The third kappa shape index (κ3) is 3.21. The van der Waals surface area contributed by atoms with Gasteiger partial charge in [-0.05, 0) is 29.8 Å². The van der Waals surface area contributed by atoms with Gasteiger partial charge in [0.25, 0.3) is 5.91 Å². The van der Waals surface area contributed by atoms with Gasteiger partial charge in [0, 0.05) is 6.54 Å². The van der Waals surface area contributed by atoms with Crippen LogP contribution in [0.25, 0.3) is 0 Å². The van der Waals surface area contributed by atoms with Crippen LogP contribution in [0.5, 0.6) is 0 Å². The largest absolute Gasteiger partial charge is 0.455 e. The standard InChI is InChI=1S/C14H13N3O2/c15-7-10-1-3-11(4-2-10)9-17-14(18)13-6-5-12(8-16)19-13/h1-6H,8-9,16H2,(H,17,18). The number of furan rings is 1. The normalized spacial score (nSPS) is 9.89. The molecule has 0 aliphatic rings. The van der Waals surface area contributed by atoms with E-state index in [4.69, 9.17) is 15.4 Å². The molecule has 0 bridgehead atoms. The van der Waals surface area contributed by atoms with Crippen molar-refractivity contribution in [1.29, 1.82) is 5.26 Å². The number of nitriles is 1. The molecular formula is C14H13N3O2. The molecule has 5 nitrogen and oxygen atoms in total. The van der Waals surface area contributed by atoms with Gasteiger partial charge in [0.1, 0.15) is 5.76 Å². The fourth-order valence-corrected chi connectivity index (χ4v) is 1.58. The van der Waals surface area contributed by atoms with E-state index in [1.54, 1.807) is 36.4 Å². The Morgan fingerprint density at radius 3 is 2.58 bits per heavy atom. The SMILES string of the molecule is N#Cc1ccc(CNC(=O)c2ccc(CN)o2)cc1. The van der Waals surface area contributed by atoms with Crippen LogP contribution in [-0.2, 0) is 13.1 Å². The van der Waals surface area contributed by atoms with Crippen LogP contribution in [0, 0.1) is 11.3 Å². The van der Waals surface area contributed by atoms with E-state index < -0.39 is 0 Å². The quantitative estimate of drug-likeness (QED) is 0.866. The number of nitrogens with two attached hydrogens (primary N) is 1. The number of amides is 1. The fourth-order valence-electron chi connectivity index (χ4n) is 1.58. The van der Waals surface area contributed by atoms with Crippen molar-refractivity contribution < 1.29 is 9.21 Å². The van der Waals surface area contributed by atoms with Gasteiger partial charge in [0.15, 0.2) is 5.76 Å². The van der Waals surface area contributed by atoms with Gasteiger partial charge in [-0.15, -0.1) is 0 Å². The summed E-state index contributed by atoms with van der Waals surface area (Å²) >= 11 is 0. The summed E-state index contributed by atoms with van der Waals surface area (Å²) in [5.74, 6) is 0.529. The summed E-state index contributed by atoms with van der Waals surface area (Å²) < 4.78 is 5.24. The number of hydrogen-bond donors (Lipinski definition) is 2. The first-order chi connectivity index (χ1) is 9.22. The number of carbonyl (C=O) groups excluding carboxylic acids is 1. The molecule has 0 aliphatic heterocycles. The Hall–Kier alpha value is -2.58. The molecule has 0 unspecified atom stereocenters. The zero-order valence-corrected chi connectivity index (χ0v) is 10.2. The molecular weight excluding hydrogens is 242 g/mol. The predicted molar refractivity (Wildman–Crippen MR) is 68.9 cm³/mol. The van der Waals surface area contributed by atoms with Crippen molar-refractivity contribution in [3.8, 4) is 6.07 Å². The van der Waals surface area contributed by atoms with Crippen LogP contribution >= 0.6 is 0 Å². The maximum Gasteiger partial charge on any atom is 0.287 e. The smallest absolute Gasteiger partial charge is 0.287 e. The number of hydrogen-bond acceptors (Lipinski definition) is 4. The molecule has 0 saturated carbocycles. The molecule has 1 aromatic carbocycles. The average Bonchev–Trinajstić information content (AvgIpc) is 2.94. The Labute approximate surface area is 110 Å². The summed E-state index contributed by atoms with van der Waals surface area (Å²) in [6.45, 7) is 0.645. The van der Waals surface area contributed by atoms with Crippen LogP contribution in [0.4, 0.5) is 0 Å². The molecule has 96 valence electrons. The average molecular weight is 255 g/mol. The molecule has 2 rings (SSSR count). The van der Waals surface area contributed by atoms with Crippen LogP contribution in [0.2, 0.25) is 0 Å². The van der Waals surface area contributed by atoms with Gasteiger partial charge in [-0.2, -0.15) is 5.26 Å². The number of benzene rings is 1. The minimum atomic E-state index is -0.288. The van der Waals surface area contributed by atoms with Crippen LogP contribution in [0.15, 0.2) is 40.8 Å². The minimum Gasteiger partial charge on any atom is -0.455 e. The third-order valence-electron chi connectivity index (χ3n) is 2.62. The van der Waals surface area contributed by atoms with E-state index in [0.29, 0.717) is 17.9 Å². The summed E-state index contributed by atoms with van der Waals surface area (Å²) in [5.41, 5.74) is 6.91. The van der Waals surface area contributed by atoms with E-state index in [-0.39, 0.29) is 18.2 Å². The number of carbonyl (C=O) groups is 1. The number of rotatable bonds is 4. The van der Waals surface area contributed by atoms with Gasteiger partial charge in [0.05, 0.1) is 18.2 Å². The monoisotopic (exact) mass is 255 g/mol. The van der Waals surface area contributed by atoms with E-state index in [0.717, 1.165) is 5.56 Å². The molecule has 0 spiro atoms. The zero-order chi connectivity index (χ0) is 13.7. The van der Waals surface area contributed by atoms with E-state index in [1.807, 2.05) is 6.07 Å². The van der Waals surface area contributed by atoms with Crippen LogP contribution < -0.4 is 11.1 Å². The van der Waals surface area contributed by atoms with Crippen LogP contribution in [0.3, 0.4) is 0 Å². The molecule has 2 aromatic rings. The minimum absolute atomic E-state index is 0.245. The molecule has 19 heavy (non-hydrogen) atoms. The van der Waals surface area contributed by atoms with E-state index in [2.05, 4.69) is 5.32 Å². The second-order valence-electron chi connectivity index (χ2n) is 3.96. The predicted octanol–water partition coefficient (Wildman–Crippen LogP) is 1.54. The number of nitrogens with zero attached hydrogens (tertiary/aromatic N) is 1. The fraction of sp³-hybridized carbons (Fsp3) is 0.143. The second kappa shape index (κ2) is 5.85. The molecule has 0 fully saturated rings. The summed E-state index contributed by atoms with van der Waals surface area (Å²) in [6, 6.07) is 12.3. The molecule has 5 heteroatoms. The van der Waals surface area contributed by atoms with Crippen LogP contribution in [-0.4, -0.2) is 5.91 Å². The zero-order valence-electron chi connectivity index (χ0n) is 10.2. The highest BCUT2D eigenvalue weighted by Gasteiger charge is 2.10. The van der Waals surface area contributed by atoms with Crippen molar-refractivity contribution in [3.63, 3.8) is 0 Å². The van der Waals surface area contributed by atoms with E-state index in [1.165, 1.54) is 0 Å². The Morgan fingerprint density at radius 2 is 2.00 bits per heavy atom. The van der Waals surface area contributed by atoms with Crippen molar-refractivity contribution in [2.45, 2.75) is 13.1 Å². The molecule has 3 N–H and O–H groups in total. The highest BCUT2D eigenvalue weighted by molar-refractivity contribution is 5.91. The van der Waals surface area contributed by atoms with Crippen molar-refractivity contribution in [1.82, 2.24) is 5.32 Å². The van der Waals surface area contributed by atoms with Crippen molar-refractivity contribution in [2.75, 3.05) is 0 Å². The maximum absolute atomic E-state index is 11.8. The first-order valence-corrected chi connectivity index (χ1v) is 5.79. The Balaban J connectivity index is 1.94. The lowest BCUT2D eigenvalue weighted by molar-refractivity contribution is 0.0921. The Bertz CT molecular complexity index is 608. The lowest BCUT2D eigenvalue weighted by Gasteiger charge is -2.03. The van der Waals surface area contributed by atoms with Crippen molar-refractivity contribution in [2.24, 2.45) is 5.73 Å². The van der Waals surface area contributed by atoms with E-state index in [9.17, 15) is 4.79 Å². The molecule has 1 heterocycles. The molecule has 0 radical (unpaired) electrons. The highest BCUT2D eigenvalue weighted by Crippen LogP contribution is 2.08. The van der Waals surface area contributed by atoms with Gasteiger partial charge in [-0.3, -0.25) is 4.79 Å². The summed E-state index contributed by atoms with van der Waals surface area (Å²) in [4.78, 5) is 11.8. The molecule has 1 aromatic heterocycles. The van der Waals surface area contributed by atoms with Crippen molar-refractivity contribution in [3.05, 3.63) is 59.0 Å². The van der Waals surface area contributed by atoms with Gasteiger partial charge < -0.3 is 15.5 Å². The topological polar surface area (TPSA) is 92.0 Å². The summed E-state index contributed by atoms with van der Waals surface area (Å²) in [7, 11) is 0. The summed E-state index contributed by atoms with van der Waals surface area (Å²) in [6.07, 6.45) is 0. The molecule has 1 amide bonds. The van der Waals surface area contributed by atoms with Crippen molar-refractivity contribution >= 4 is 5.91 Å². The van der Waals surface area contributed by atoms with E-state index >= 15 is 0 Å². The first kappa shape index (κ1) is 12.9. The molecule has 0 saturated heterocycles. The Morgan fingerprint density at radius 1 is 1.26 bits per heavy atom. The summed E-state index contributed by atoms with van der Waals surface area (Å²) in [5, 5.41) is 11.4. The highest BCUT2D eigenvalue weighted by atomic mass is 16.4. The Kier molecular flexibility index (Phi) is 3.96. The van der Waals surface area contributed by atoms with Gasteiger partial charge >= 0.3 is 0 Å². The van der Waals surface area contributed by atoms with Gasteiger partial charge in [0.2, 0.25) is 0 Å². The van der Waals surface area contributed by atoms with Gasteiger partial charge in [-0.25, -0.2) is 0 Å². The number of nitrogens with one attached hydrogen (secondary N) is 1. The third-order valence-corrected chi connectivity index (χ3v) is 2.62. The maximum atomic E-state index is 11.8. The second-order valence-corrected chi connectivity index (χ2v) is 3.96.